The number of rotatable bonds is 1. The van der Waals surface area contributed by atoms with Gasteiger partial charge in [-0.05, 0) is 12.1 Å². The van der Waals surface area contributed by atoms with E-state index in [0.29, 0.717) is 18.3 Å². The molecule has 6 nitrogen and oxygen atoms in total. The van der Waals surface area contributed by atoms with E-state index < -0.39 is 0 Å². The summed E-state index contributed by atoms with van der Waals surface area (Å²) in [5.41, 5.74) is 2.01. The molecule has 112 valence electrons. The molecule has 0 unspecified atom stereocenters. The molecule has 7 heteroatoms. The molecule has 1 fully saturated rings. The van der Waals surface area contributed by atoms with E-state index in [4.69, 9.17) is 9.84 Å². The summed E-state index contributed by atoms with van der Waals surface area (Å²) >= 11 is 1.47. The van der Waals surface area contributed by atoms with E-state index in [1.165, 1.54) is 11.3 Å². The number of aliphatic hydroxyl groups is 1. The molecule has 2 amide bonds. The number of nitrogens with zero attached hydrogens (tertiary/aromatic N) is 2. The van der Waals surface area contributed by atoms with Crippen LogP contribution >= 0.6 is 11.3 Å². The Morgan fingerprint density at radius 3 is 3.32 bits per heavy atom. The lowest BCUT2D eigenvalue weighted by Crippen LogP contribution is -2.33. The van der Waals surface area contributed by atoms with Crippen LogP contribution in [0.2, 0.25) is 0 Å². The van der Waals surface area contributed by atoms with Gasteiger partial charge in [-0.25, -0.2) is 9.78 Å². The molecular weight excluding hydrogens is 302 g/mol. The summed E-state index contributed by atoms with van der Waals surface area (Å²) in [7, 11) is 0. The summed E-state index contributed by atoms with van der Waals surface area (Å²) in [5, 5.41) is 12.2. The van der Waals surface area contributed by atoms with Gasteiger partial charge >= 0.3 is 6.03 Å². The number of hydrogen-bond donors (Lipinski definition) is 2. The Kier molecular flexibility index (Phi) is 3.13. The molecule has 1 saturated heterocycles. The Balaban J connectivity index is 1.78. The van der Waals surface area contributed by atoms with Crippen molar-refractivity contribution < 1.29 is 14.6 Å². The number of thiazole rings is 1. The van der Waals surface area contributed by atoms with Crippen LogP contribution in [-0.4, -0.2) is 41.9 Å². The fraction of sp³-hybridized carbons (Fsp3) is 0.333. The fourth-order valence-corrected chi connectivity index (χ4v) is 3.81. The molecule has 4 rings (SSSR count). The SMILES string of the molecule is O=C1NC[C@@H](C#CCO)N1c1nc2c3c(ccc2s1)OCC3. The van der Waals surface area contributed by atoms with E-state index >= 15 is 0 Å². The molecule has 0 spiro atoms. The molecule has 0 bridgehead atoms. The highest BCUT2D eigenvalue weighted by Crippen LogP contribution is 2.38. The number of aliphatic hydroxyl groups excluding tert-OH is 1. The molecule has 22 heavy (non-hydrogen) atoms. The third kappa shape index (κ3) is 2.00. The van der Waals surface area contributed by atoms with E-state index in [2.05, 4.69) is 22.1 Å². The highest BCUT2D eigenvalue weighted by molar-refractivity contribution is 7.22. The summed E-state index contributed by atoms with van der Waals surface area (Å²) in [6.07, 6.45) is 0.843. The zero-order chi connectivity index (χ0) is 15.1. The van der Waals surface area contributed by atoms with Crippen molar-refractivity contribution in [3.8, 4) is 17.6 Å². The molecule has 2 N–H and O–H groups in total. The zero-order valence-corrected chi connectivity index (χ0v) is 12.4. The molecule has 2 aliphatic rings. The molecule has 3 heterocycles. The maximum Gasteiger partial charge on any atom is 0.324 e. The van der Waals surface area contributed by atoms with Crippen LogP contribution in [0.5, 0.6) is 5.75 Å². The second-order valence-corrected chi connectivity index (χ2v) is 6.04. The average molecular weight is 315 g/mol. The predicted octanol–water partition coefficient (Wildman–Crippen LogP) is 1.13. The van der Waals surface area contributed by atoms with Crippen LogP contribution in [0, 0.1) is 11.8 Å². The van der Waals surface area contributed by atoms with Gasteiger partial charge in [0.15, 0.2) is 5.13 Å². The number of hydrogen-bond acceptors (Lipinski definition) is 5. The molecular formula is C15H13N3O3S. The van der Waals surface area contributed by atoms with Gasteiger partial charge in [-0.1, -0.05) is 23.2 Å². The zero-order valence-electron chi connectivity index (χ0n) is 11.6. The summed E-state index contributed by atoms with van der Waals surface area (Å²) in [5.74, 6) is 6.39. The third-order valence-electron chi connectivity index (χ3n) is 3.75. The summed E-state index contributed by atoms with van der Waals surface area (Å²) in [6, 6.07) is 3.43. The first-order valence-electron chi connectivity index (χ1n) is 6.99. The topological polar surface area (TPSA) is 74.7 Å². The Bertz CT molecular complexity index is 821. The van der Waals surface area contributed by atoms with E-state index in [1.54, 1.807) is 4.90 Å². The number of anilines is 1. The van der Waals surface area contributed by atoms with Crippen LogP contribution in [0.25, 0.3) is 10.2 Å². The van der Waals surface area contributed by atoms with Crippen LogP contribution in [0.15, 0.2) is 12.1 Å². The number of ether oxygens (including phenoxy) is 1. The smallest absolute Gasteiger partial charge is 0.324 e. The van der Waals surface area contributed by atoms with E-state index in [1.807, 2.05) is 12.1 Å². The molecule has 1 atom stereocenters. The minimum absolute atomic E-state index is 0.204. The van der Waals surface area contributed by atoms with Crippen molar-refractivity contribution in [3.63, 3.8) is 0 Å². The van der Waals surface area contributed by atoms with Crippen molar-refractivity contribution in [2.45, 2.75) is 12.5 Å². The van der Waals surface area contributed by atoms with E-state index in [-0.39, 0.29) is 18.7 Å². The molecule has 0 saturated carbocycles. The third-order valence-corrected chi connectivity index (χ3v) is 4.77. The quantitative estimate of drug-likeness (QED) is 0.774. The minimum atomic E-state index is -0.301. The van der Waals surface area contributed by atoms with Crippen molar-refractivity contribution in [2.75, 3.05) is 24.7 Å². The van der Waals surface area contributed by atoms with Gasteiger partial charge in [0.05, 0.1) is 23.4 Å². The molecule has 2 aliphatic heterocycles. The van der Waals surface area contributed by atoms with Crippen molar-refractivity contribution in [1.82, 2.24) is 10.3 Å². The Morgan fingerprint density at radius 1 is 1.55 bits per heavy atom. The van der Waals surface area contributed by atoms with Gasteiger partial charge in [-0.3, -0.25) is 4.90 Å². The lowest BCUT2D eigenvalue weighted by molar-refractivity contribution is 0.252. The number of benzene rings is 1. The second kappa shape index (κ2) is 5.16. The second-order valence-electron chi connectivity index (χ2n) is 5.03. The molecule has 1 aromatic carbocycles. The maximum atomic E-state index is 12.1. The van der Waals surface area contributed by atoms with Gasteiger partial charge in [0, 0.05) is 12.0 Å². The van der Waals surface area contributed by atoms with E-state index in [0.717, 1.165) is 28.0 Å². The van der Waals surface area contributed by atoms with Gasteiger partial charge in [-0.2, -0.15) is 0 Å². The first-order chi connectivity index (χ1) is 10.8. The molecule has 0 aliphatic carbocycles. The highest BCUT2D eigenvalue weighted by atomic mass is 32.1. The van der Waals surface area contributed by atoms with Gasteiger partial charge in [-0.15, -0.1) is 0 Å². The van der Waals surface area contributed by atoms with Crippen LogP contribution in [0.4, 0.5) is 9.93 Å². The van der Waals surface area contributed by atoms with Crippen molar-refractivity contribution in [3.05, 3.63) is 17.7 Å². The number of aromatic nitrogens is 1. The predicted molar refractivity (Wildman–Crippen MR) is 83.3 cm³/mol. The first-order valence-corrected chi connectivity index (χ1v) is 7.81. The normalized spacial score (nSPS) is 19.6. The fourth-order valence-electron chi connectivity index (χ4n) is 2.76. The number of fused-ring (bicyclic) bond motifs is 3. The Hall–Kier alpha value is -2.30. The van der Waals surface area contributed by atoms with Gasteiger partial charge < -0.3 is 15.2 Å². The largest absolute Gasteiger partial charge is 0.493 e. The number of carbonyl (C=O) groups excluding carboxylic acids is 1. The summed E-state index contributed by atoms with van der Waals surface area (Å²) in [6.45, 7) is 0.891. The van der Waals surface area contributed by atoms with Crippen LogP contribution < -0.4 is 15.0 Å². The van der Waals surface area contributed by atoms with E-state index in [9.17, 15) is 4.79 Å². The van der Waals surface area contributed by atoms with Crippen LogP contribution in [-0.2, 0) is 6.42 Å². The molecule has 0 radical (unpaired) electrons. The van der Waals surface area contributed by atoms with Gasteiger partial charge in [0.2, 0.25) is 0 Å². The summed E-state index contributed by atoms with van der Waals surface area (Å²) in [4.78, 5) is 18.3. The van der Waals surface area contributed by atoms with Gasteiger partial charge in [0.1, 0.15) is 18.4 Å². The Labute approximate surface area is 130 Å². The van der Waals surface area contributed by atoms with Crippen molar-refractivity contribution in [1.29, 1.82) is 0 Å². The number of nitrogens with one attached hydrogen (secondary N) is 1. The number of amides is 2. The van der Waals surface area contributed by atoms with Crippen LogP contribution in [0.1, 0.15) is 5.56 Å². The number of urea groups is 1. The standard InChI is InChI=1S/C15H13N3O3S/c19-6-1-2-9-8-16-14(20)18(9)15-17-13-10-5-7-21-11(10)3-4-12(13)22-15/h3-4,9,19H,5-8H2,(H,16,20)/t9-/m1/s1. The van der Waals surface area contributed by atoms with Crippen molar-refractivity contribution in [2.24, 2.45) is 0 Å². The monoisotopic (exact) mass is 315 g/mol. The lowest BCUT2D eigenvalue weighted by atomic mass is 10.1. The lowest BCUT2D eigenvalue weighted by Gasteiger charge is -2.14. The number of carbonyl (C=O) groups is 1. The summed E-state index contributed by atoms with van der Waals surface area (Å²) < 4.78 is 6.59. The first kappa shape index (κ1) is 13.4. The molecule has 1 aromatic heterocycles. The van der Waals surface area contributed by atoms with Crippen LogP contribution in [0.3, 0.4) is 0 Å². The minimum Gasteiger partial charge on any atom is -0.493 e. The maximum absolute atomic E-state index is 12.1. The Morgan fingerprint density at radius 2 is 2.45 bits per heavy atom. The highest BCUT2D eigenvalue weighted by Gasteiger charge is 2.33. The molecule has 2 aromatic rings. The van der Waals surface area contributed by atoms with Crippen molar-refractivity contribution >= 4 is 32.7 Å². The average Bonchev–Trinajstić information content (AvgIpc) is 3.21. The van der Waals surface area contributed by atoms with Gasteiger partial charge in [0.25, 0.3) is 0 Å².